The maximum Gasteiger partial charge on any atom is 0.393 e. The van der Waals surface area contributed by atoms with Crippen molar-refractivity contribution in [2.45, 2.75) is 85.5 Å². The molecule has 2 aliphatic rings. The topological polar surface area (TPSA) is 89.1 Å². The number of halogens is 3. The Hall–Kier alpha value is -3.59. The molecule has 0 aromatic heterocycles. The van der Waals surface area contributed by atoms with Crippen molar-refractivity contribution in [3.05, 3.63) is 94.1 Å². The van der Waals surface area contributed by atoms with Gasteiger partial charge in [0, 0.05) is 18.4 Å². The van der Waals surface area contributed by atoms with E-state index in [-0.39, 0.29) is 34.5 Å². The Bertz CT molecular complexity index is 1290. The SMILES string of the molecule is C/C=C(\C=C/CC(O)NCCCC)O\C1=C/C(C2=CC(CC(F)(F)F)=CC2)=C(C#N)\C(C#N)=C/C=C/C(C(C)(C)C)C1. The molecular weight excluding hydrogens is 539 g/mol. The van der Waals surface area contributed by atoms with Crippen molar-refractivity contribution >= 4 is 0 Å². The smallest absolute Gasteiger partial charge is 0.393 e. The third-order valence-electron chi connectivity index (χ3n) is 7.00. The van der Waals surface area contributed by atoms with Crippen LogP contribution in [0.4, 0.5) is 13.2 Å². The van der Waals surface area contributed by atoms with Gasteiger partial charge < -0.3 is 9.84 Å². The van der Waals surface area contributed by atoms with Crippen LogP contribution in [0.3, 0.4) is 0 Å². The van der Waals surface area contributed by atoms with E-state index in [4.69, 9.17) is 4.74 Å². The number of nitriles is 2. The van der Waals surface area contributed by atoms with Crippen LogP contribution in [0.15, 0.2) is 94.1 Å². The van der Waals surface area contributed by atoms with Gasteiger partial charge in [-0.1, -0.05) is 64.5 Å². The quantitative estimate of drug-likeness (QED) is 0.110. The lowest BCUT2D eigenvalue weighted by atomic mass is 9.77. The average molecular weight is 582 g/mol. The molecule has 5 nitrogen and oxygen atoms in total. The molecule has 0 spiro atoms. The number of nitrogens with zero attached hydrogens (tertiary/aromatic N) is 2. The second-order valence-electron chi connectivity index (χ2n) is 11.5. The molecule has 2 atom stereocenters. The fraction of sp³-hybridized carbons (Fsp3) is 0.471. The molecule has 0 aromatic carbocycles. The van der Waals surface area contributed by atoms with Crippen LogP contribution in [0.5, 0.6) is 0 Å². The van der Waals surface area contributed by atoms with Crippen LogP contribution in [0.25, 0.3) is 0 Å². The number of nitrogens with one attached hydrogen (secondary N) is 1. The second kappa shape index (κ2) is 16.2. The first-order valence-corrected chi connectivity index (χ1v) is 14.3. The van der Waals surface area contributed by atoms with Gasteiger partial charge in [-0.2, -0.15) is 23.7 Å². The molecule has 0 amide bonds. The first-order valence-electron chi connectivity index (χ1n) is 14.3. The van der Waals surface area contributed by atoms with Crippen molar-refractivity contribution in [1.82, 2.24) is 5.32 Å². The van der Waals surface area contributed by atoms with Crippen molar-refractivity contribution in [3.8, 4) is 12.1 Å². The predicted molar refractivity (Wildman–Crippen MR) is 160 cm³/mol. The van der Waals surface area contributed by atoms with Crippen LogP contribution in [-0.4, -0.2) is 24.1 Å². The first-order chi connectivity index (χ1) is 19.8. The Morgan fingerprint density at radius 3 is 2.55 bits per heavy atom. The number of allylic oxidation sites excluding steroid dienone is 14. The molecule has 2 rings (SSSR count). The summed E-state index contributed by atoms with van der Waals surface area (Å²) in [6.45, 7) is 10.9. The minimum absolute atomic E-state index is 0.0204. The molecule has 8 heteroatoms. The van der Waals surface area contributed by atoms with E-state index in [0.717, 1.165) is 19.4 Å². The fourth-order valence-corrected chi connectivity index (χ4v) is 4.53. The summed E-state index contributed by atoms with van der Waals surface area (Å²) in [4.78, 5) is 0. The molecule has 0 saturated carbocycles. The van der Waals surface area contributed by atoms with Gasteiger partial charge in [-0.05, 0) is 73.1 Å². The van der Waals surface area contributed by atoms with Gasteiger partial charge in [0.1, 0.15) is 29.9 Å². The number of hydrogen-bond donors (Lipinski definition) is 2. The van der Waals surface area contributed by atoms with E-state index in [9.17, 15) is 28.8 Å². The van der Waals surface area contributed by atoms with Crippen LogP contribution in [0, 0.1) is 34.0 Å². The minimum Gasteiger partial charge on any atom is -0.462 e. The van der Waals surface area contributed by atoms with Crippen molar-refractivity contribution in [3.63, 3.8) is 0 Å². The van der Waals surface area contributed by atoms with Crippen LogP contribution < -0.4 is 5.32 Å². The Kier molecular flexibility index (Phi) is 13.3. The summed E-state index contributed by atoms with van der Waals surface area (Å²) in [7, 11) is 0. The van der Waals surface area contributed by atoms with Gasteiger partial charge in [0.05, 0.1) is 17.6 Å². The Morgan fingerprint density at radius 2 is 1.95 bits per heavy atom. The first kappa shape index (κ1) is 34.6. The second-order valence-corrected chi connectivity index (χ2v) is 11.5. The summed E-state index contributed by atoms with van der Waals surface area (Å²) < 4.78 is 45.7. The van der Waals surface area contributed by atoms with E-state index >= 15 is 0 Å². The molecule has 0 bridgehead atoms. The normalized spacial score (nSPS) is 24.5. The molecule has 0 heterocycles. The molecule has 42 heavy (non-hydrogen) atoms. The van der Waals surface area contributed by atoms with Crippen molar-refractivity contribution in [1.29, 1.82) is 10.5 Å². The molecule has 2 N–H and O–H groups in total. The third kappa shape index (κ3) is 11.4. The van der Waals surface area contributed by atoms with E-state index in [0.29, 0.717) is 35.5 Å². The number of unbranched alkanes of at least 4 members (excludes halogenated alkanes) is 1. The Balaban J connectivity index is 2.56. The summed E-state index contributed by atoms with van der Waals surface area (Å²) in [6, 6.07) is 4.20. The van der Waals surface area contributed by atoms with Gasteiger partial charge in [0.15, 0.2) is 0 Å². The van der Waals surface area contributed by atoms with Crippen LogP contribution in [-0.2, 0) is 4.74 Å². The van der Waals surface area contributed by atoms with E-state index in [1.54, 1.807) is 30.4 Å². The van der Waals surface area contributed by atoms with Gasteiger partial charge in [-0.15, -0.1) is 0 Å². The monoisotopic (exact) mass is 581 g/mol. The molecule has 2 aliphatic carbocycles. The molecular formula is C34H42F3N3O2. The highest BCUT2D eigenvalue weighted by Gasteiger charge is 2.30. The van der Waals surface area contributed by atoms with Gasteiger partial charge in [-0.3, -0.25) is 5.32 Å². The molecule has 0 aliphatic heterocycles. The van der Waals surface area contributed by atoms with Crippen molar-refractivity contribution < 1.29 is 23.0 Å². The highest BCUT2D eigenvalue weighted by atomic mass is 19.4. The highest BCUT2D eigenvalue weighted by Crippen LogP contribution is 2.38. The number of rotatable bonds is 11. The zero-order valence-corrected chi connectivity index (χ0v) is 25.2. The summed E-state index contributed by atoms with van der Waals surface area (Å²) in [6.07, 6.45) is 12.2. The minimum atomic E-state index is -4.36. The zero-order chi connectivity index (χ0) is 31.3. The number of aliphatic hydroxyl groups is 1. The molecule has 2 unspecified atom stereocenters. The van der Waals surface area contributed by atoms with E-state index in [1.165, 1.54) is 12.2 Å². The zero-order valence-electron chi connectivity index (χ0n) is 25.2. The number of alkyl halides is 3. The standard InChI is InChI=1S/C34H42F3N3O2/c1-6-8-17-40-32(41)14-10-13-28(7-2)42-29-19-27(33(3,4)5)12-9-11-26(22-38)31(23-39)30(20-29)25-16-15-24(18-25)21-34(35,36)37/h7,9-13,15,18,20,27,32,40-41H,6,8,14,16-17,19,21H2,1-5H3/b12-9+,13-10-,26-11-,28-7+,29-20-,31-30+. The Morgan fingerprint density at radius 1 is 1.21 bits per heavy atom. The third-order valence-corrected chi connectivity index (χ3v) is 7.00. The fourth-order valence-electron chi connectivity index (χ4n) is 4.53. The summed E-state index contributed by atoms with van der Waals surface area (Å²) in [5, 5.41) is 33.3. The van der Waals surface area contributed by atoms with Gasteiger partial charge in [0.2, 0.25) is 0 Å². The van der Waals surface area contributed by atoms with Crippen LogP contribution in [0.2, 0.25) is 0 Å². The van der Waals surface area contributed by atoms with E-state index < -0.39 is 18.8 Å². The van der Waals surface area contributed by atoms with E-state index in [1.807, 2.05) is 19.1 Å². The predicted octanol–water partition coefficient (Wildman–Crippen LogP) is 8.55. The van der Waals surface area contributed by atoms with Gasteiger partial charge in [0.25, 0.3) is 0 Å². The maximum absolute atomic E-state index is 13.1. The Labute approximate surface area is 248 Å². The van der Waals surface area contributed by atoms with Crippen LogP contribution in [0.1, 0.15) is 73.1 Å². The van der Waals surface area contributed by atoms with Crippen molar-refractivity contribution in [2.24, 2.45) is 11.3 Å². The van der Waals surface area contributed by atoms with Gasteiger partial charge >= 0.3 is 6.18 Å². The molecule has 0 fully saturated rings. The van der Waals surface area contributed by atoms with Crippen molar-refractivity contribution in [2.75, 3.05) is 6.54 Å². The number of aliphatic hydroxyl groups excluding tert-OH is 1. The molecule has 226 valence electrons. The lowest BCUT2D eigenvalue weighted by Crippen LogP contribution is -2.28. The largest absolute Gasteiger partial charge is 0.462 e. The summed E-state index contributed by atoms with van der Waals surface area (Å²) in [5.74, 6) is 1.000. The highest BCUT2D eigenvalue weighted by molar-refractivity contribution is 5.64. The lowest BCUT2D eigenvalue weighted by molar-refractivity contribution is -0.126. The van der Waals surface area contributed by atoms with Crippen LogP contribution >= 0.6 is 0 Å². The lowest BCUT2D eigenvalue weighted by Gasteiger charge is -2.29. The number of ether oxygens (including phenoxy) is 1. The summed E-state index contributed by atoms with van der Waals surface area (Å²) in [5.41, 5.74) is 1.01. The van der Waals surface area contributed by atoms with Gasteiger partial charge in [-0.25, -0.2) is 0 Å². The molecule has 0 saturated heterocycles. The molecule has 0 radical (unpaired) electrons. The summed E-state index contributed by atoms with van der Waals surface area (Å²) >= 11 is 0. The number of hydrogen-bond acceptors (Lipinski definition) is 5. The average Bonchev–Trinajstić information content (AvgIpc) is 3.36. The maximum atomic E-state index is 13.1. The van der Waals surface area contributed by atoms with E-state index in [2.05, 4.69) is 45.2 Å². The molecule has 0 aromatic rings.